The molecule has 3 rings (SSSR count). The van der Waals surface area contributed by atoms with Gasteiger partial charge in [-0.1, -0.05) is 63.8 Å². The molecule has 2 aliphatic carbocycles. The maximum Gasteiger partial charge on any atom is 0.408 e. The topological polar surface area (TPSA) is 87.7 Å². The SMILES string of the molecule is Cc1ccc(C)c(C(C(=O)NC2CCCCC2)N(C(=O)C(NC(=O)OC(C)(C)C)C(C)C)C2CC2C)c1. The Morgan fingerprint density at radius 2 is 1.68 bits per heavy atom. The molecular formula is C30H47N3O4. The van der Waals surface area contributed by atoms with Crippen molar-refractivity contribution < 1.29 is 19.1 Å². The Morgan fingerprint density at radius 3 is 2.22 bits per heavy atom. The Bertz CT molecular complexity index is 978. The van der Waals surface area contributed by atoms with Gasteiger partial charge in [0.05, 0.1) is 0 Å². The van der Waals surface area contributed by atoms with Crippen molar-refractivity contribution in [1.82, 2.24) is 15.5 Å². The minimum atomic E-state index is -0.808. The van der Waals surface area contributed by atoms with Gasteiger partial charge in [0, 0.05) is 12.1 Å². The largest absolute Gasteiger partial charge is 0.444 e. The first-order chi connectivity index (χ1) is 17.3. The lowest BCUT2D eigenvalue weighted by molar-refractivity contribution is -0.144. The highest BCUT2D eigenvalue weighted by Gasteiger charge is 2.49. The zero-order valence-electron chi connectivity index (χ0n) is 24.0. The summed E-state index contributed by atoms with van der Waals surface area (Å²) in [5.74, 6) is -0.265. The fourth-order valence-corrected chi connectivity index (χ4v) is 5.28. The number of benzene rings is 1. The summed E-state index contributed by atoms with van der Waals surface area (Å²) in [5, 5.41) is 6.11. The second-order valence-corrected chi connectivity index (χ2v) is 12.5. The monoisotopic (exact) mass is 513 g/mol. The summed E-state index contributed by atoms with van der Waals surface area (Å²) in [5.41, 5.74) is 2.18. The Labute approximate surface area is 223 Å². The van der Waals surface area contributed by atoms with E-state index in [0.717, 1.165) is 48.8 Å². The van der Waals surface area contributed by atoms with Crippen LogP contribution in [0.4, 0.5) is 4.79 Å². The first-order valence-electron chi connectivity index (χ1n) is 14.0. The lowest BCUT2D eigenvalue weighted by atomic mass is 9.92. The van der Waals surface area contributed by atoms with E-state index in [-0.39, 0.29) is 35.7 Å². The van der Waals surface area contributed by atoms with Crippen molar-refractivity contribution in [1.29, 1.82) is 0 Å². The molecule has 2 fully saturated rings. The van der Waals surface area contributed by atoms with Crippen molar-refractivity contribution in [3.05, 3.63) is 34.9 Å². The summed E-state index contributed by atoms with van der Waals surface area (Å²) < 4.78 is 5.47. The highest BCUT2D eigenvalue weighted by molar-refractivity contribution is 5.93. The molecule has 3 amide bonds. The van der Waals surface area contributed by atoms with Crippen LogP contribution in [0.3, 0.4) is 0 Å². The van der Waals surface area contributed by atoms with Crippen molar-refractivity contribution in [2.24, 2.45) is 11.8 Å². The van der Waals surface area contributed by atoms with E-state index in [9.17, 15) is 14.4 Å². The molecule has 2 aliphatic rings. The molecule has 2 N–H and O–H groups in total. The van der Waals surface area contributed by atoms with Crippen LogP contribution in [-0.2, 0) is 14.3 Å². The zero-order chi connectivity index (χ0) is 27.5. The number of amides is 3. The van der Waals surface area contributed by atoms with Crippen LogP contribution in [0.25, 0.3) is 0 Å². The molecular weight excluding hydrogens is 466 g/mol. The van der Waals surface area contributed by atoms with Gasteiger partial charge in [0.1, 0.15) is 17.7 Å². The van der Waals surface area contributed by atoms with Gasteiger partial charge < -0.3 is 20.3 Å². The highest BCUT2D eigenvalue weighted by atomic mass is 16.6. The van der Waals surface area contributed by atoms with Gasteiger partial charge in [-0.2, -0.15) is 0 Å². The number of hydrogen-bond acceptors (Lipinski definition) is 4. The number of carbonyl (C=O) groups excluding carboxylic acids is 3. The fraction of sp³-hybridized carbons (Fsp3) is 0.700. The predicted octanol–water partition coefficient (Wildman–Crippen LogP) is 5.58. The lowest BCUT2D eigenvalue weighted by Gasteiger charge is -2.37. The first kappa shape index (κ1) is 29.0. The molecule has 0 heterocycles. The van der Waals surface area contributed by atoms with Crippen LogP contribution in [0, 0.1) is 25.7 Å². The number of nitrogens with zero attached hydrogens (tertiary/aromatic N) is 1. The van der Waals surface area contributed by atoms with E-state index in [4.69, 9.17) is 4.74 Å². The summed E-state index contributed by atoms with van der Waals surface area (Å²) in [6.07, 6.45) is 5.55. The molecule has 0 aromatic heterocycles. The normalized spacial score (nSPS) is 21.6. The van der Waals surface area contributed by atoms with Gasteiger partial charge in [-0.25, -0.2) is 4.79 Å². The molecule has 7 nitrogen and oxygen atoms in total. The van der Waals surface area contributed by atoms with Gasteiger partial charge in [0.15, 0.2) is 0 Å². The van der Waals surface area contributed by atoms with Gasteiger partial charge in [0.2, 0.25) is 11.8 Å². The Hall–Kier alpha value is -2.57. The molecule has 7 heteroatoms. The van der Waals surface area contributed by atoms with Crippen molar-refractivity contribution in [2.45, 2.75) is 124 Å². The van der Waals surface area contributed by atoms with Crippen molar-refractivity contribution in [2.75, 3.05) is 0 Å². The average molecular weight is 514 g/mol. The van der Waals surface area contributed by atoms with Crippen LogP contribution < -0.4 is 10.6 Å². The van der Waals surface area contributed by atoms with Gasteiger partial charge in [-0.15, -0.1) is 0 Å². The number of hydrogen-bond donors (Lipinski definition) is 2. The number of carbonyl (C=O) groups is 3. The number of ether oxygens (including phenoxy) is 1. The van der Waals surface area contributed by atoms with Crippen molar-refractivity contribution in [3.8, 4) is 0 Å². The standard InChI is InChI=1S/C30H47N3O4/c1-18(2)25(32-29(36)37-30(6,7)8)28(35)33(24-17-21(24)5)26(23-16-19(3)14-15-20(23)4)27(34)31-22-12-10-9-11-13-22/h14-16,18,21-22,24-26H,9-13,17H2,1-8H3,(H,31,34)(H,32,36). The van der Waals surface area contributed by atoms with Crippen LogP contribution in [0.2, 0.25) is 0 Å². The summed E-state index contributed by atoms with van der Waals surface area (Å²) in [7, 11) is 0. The van der Waals surface area contributed by atoms with Crippen LogP contribution in [0.15, 0.2) is 18.2 Å². The Balaban J connectivity index is 2.00. The Morgan fingerprint density at radius 1 is 1.05 bits per heavy atom. The maximum absolute atomic E-state index is 14.3. The number of aryl methyl sites for hydroxylation is 2. The van der Waals surface area contributed by atoms with Crippen LogP contribution in [0.5, 0.6) is 0 Å². The van der Waals surface area contributed by atoms with Crippen molar-refractivity contribution >= 4 is 17.9 Å². The van der Waals surface area contributed by atoms with E-state index >= 15 is 0 Å². The molecule has 2 saturated carbocycles. The van der Waals surface area contributed by atoms with Gasteiger partial charge >= 0.3 is 6.09 Å². The van der Waals surface area contributed by atoms with E-state index in [1.807, 2.05) is 45.9 Å². The lowest BCUT2D eigenvalue weighted by Crippen LogP contribution is -2.56. The van der Waals surface area contributed by atoms with E-state index in [2.05, 4.69) is 17.6 Å². The first-order valence-corrected chi connectivity index (χ1v) is 14.0. The second-order valence-electron chi connectivity index (χ2n) is 12.5. The summed E-state index contributed by atoms with van der Waals surface area (Å²) in [4.78, 5) is 42.8. The minimum Gasteiger partial charge on any atom is -0.444 e. The van der Waals surface area contributed by atoms with E-state index in [0.29, 0.717) is 0 Å². The zero-order valence-corrected chi connectivity index (χ0v) is 24.0. The Kier molecular flexibility index (Phi) is 9.30. The van der Waals surface area contributed by atoms with Crippen LogP contribution in [-0.4, -0.2) is 46.5 Å². The third-order valence-corrected chi connectivity index (χ3v) is 7.49. The molecule has 0 radical (unpaired) electrons. The molecule has 0 spiro atoms. The third kappa shape index (κ3) is 7.71. The fourth-order valence-electron chi connectivity index (χ4n) is 5.28. The maximum atomic E-state index is 14.3. The van der Waals surface area contributed by atoms with Gasteiger partial charge in [-0.05, 0) is 76.8 Å². The molecule has 1 aromatic carbocycles. The van der Waals surface area contributed by atoms with Crippen LogP contribution >= 0.6 is 0 Å². The van der Waals surface area contributed by atoms with Gasteiger partial charge in [-0.3, -0.25) is 9.59 Å². The second kappa shape index (κ2) is 11.9. The summed E-state index contributed by atoms with van der Waals surface area (Å²) in [6.45, 7) is 15.3. The quantitative estimate of drug-likeness (QED) is 0.475. The molecule has 206 valence electrons. The smallest absolute Gasteiger partial charge is 0.408 e. The molecule has 0 aliphatic heterocycles. The average Bonchev–Trinajstić information content (AvgIpc) is 3.52. The molecule has 1 aromatic rings. The highest BCUT2D eigenvalue weighted by Crippen LogP contribution is 2.42. The molecule has 4 unspecified atom stereocenters. The summed E-state index contributed by atoms with van der Waals surface area (Å²) in [6, 6.07) is 4.58. The molecule has 4 atom stereocenters. The van der Waals surface area contributed by atoms with E-state index in [1.54, 1.807) is 25.7 Å². The van der Waals surface area contributed by atoms with Gasteiger partial charge in [0.25, 0.3) is 0 Å². The summed E-state index contributed by atoms with van der Waals surface area (Å²) >= 11 is 0. The molecule has 0 bridgehead atoms. The van der Waals surface area contributed by atoms with Crippen LogP contribution in [0.1, 0.15) is 103 Å². The number of nitrogens with one attached hydrogen (secondary N) is 2. The third-order valence-electron chi connectivity index (χ3n) is 7.49. The predicted molar refractivity (Wildman–Crippen MR) is 146 cm³/mol. The van der Waals surface area contributed by atoms with E-state index in [1.165, 1.54) is 6.42 Å². The molecule has 0 saturated heterocycles. The molecule has 37 heavy (non-hydrogen) atoms. The van der Waals surface area contributed by atoms with Crippen molar-refractivity contribution in [3.63, 3.8) is 0 Å². The van der Waals surface area contributed by atoms with E-state index < -0.39 is 23.8 Å². The number of rotatable bonds is 8. The minimum absolute atomic E-state index is 0.0591. The number of alkyl carbamates (subject to hydrolysis) is 1.